The normalized spacial score (nSPS) is 12.5. The second-order valence-corrected chi connectivity index (χ2v) is 17.9. The number of anilines is 2. The van der Waals surface area contributed by atoms with Crippen LogP contribution >= 0.6 is 0 Å². The largest absolute Gasteiger partial charge is 0.505 e. The SMILES string of the molecule is COc1ccc(Nc2ccc3c(O)c(N=Nc4cc(C)c(N=Nc5ccc(N=Nc6ccc(S(=O)(=O)O)cc6)cc5OCCCS(=O)(=O)O)cc4C)c(S(=O)(=O)O)cc3c2)cc1. The predicted octanol–water partition coefficient (Wildman–Crippen LogP) is 10.3. The first-order valence-electron chi connectivity index (χ1n) is 18.1. The zero-order valence-corrected chi connectivity index (χ0v) is 35.3. The number of benzene rings is 6. The molecule has 0 fully saturated rings. The molecular weight excluding hydrogens is 867 g/mol. The summed E-state index contributed by atoms with van der Waals surface area (Å²) >= 11 is 0. The molecule has 0 saturated heterocycles. The van der Waals surface area contributed by atoms with Crippen molar-refractivity contribution in [3.63, 3.8) is 0 Å². The van der Waals surface area contributed by atoms with Gasteiger partial charge in [-0.1, -0.05) is 0 Å². The third kappa shape index (κ3) is 11.6. The molecule has 22 heteroatoms. The molecule has 0 aliphatic rings. The van der Waals surface area contributed by atoms with Crippen LogP contribution in [0.1, 0.15) is 17.5 Å². The van der Waals surface area contributed by atoms with Gasteiger partial charge in [-0.3, -0.25) is 13.7 Å². The fraction of sp³-hybridized carbons (Fsp3) is 0.150. The van der Waals surface area contributed by atoms with Crippen molar-refractivity contribution in [3.05, 3.63) is 114 Å². The molecule has 62 heavy (non-hydrogen) atoms. The zero-order chi connectivity index (χ0) is 44.8. The highest BCUT2D eigenvalue weighted by Gasteiger charge is 2.22. The number of hydrogen-bond donors (Lipinski definition) is 5. The van der Waals surface area contributed by atoms with Crippen LogP contribution in [0.3, 0.4) is 0 Å². The fourth-order valence-corrected chi connectivity index (χ4v) is 7.38. The summed E-state index contributed by atoms with van der Waals surface area (Å²) in [6.07, 6.45) is -0.0535. The van der Waals surface area contributed by atoms with Crippen LogP contribution in [0.25, 0.3) is 10.8 Å². The van der Waals surface area contributed by atoms with E-state index < -0.39 is 52.4 Å². The molecule has 6 aromatic carbocycles. The van der Waals surface area contributed by atoms with Gasteiger partial charge >= 0.3 is 0 Å². The molecule has 0 aliphatic heterocycles. The Labute approximate surface area is 355 Å². The summed E-state index contributed by atoms with van der Waals surface area (Å²) in [6.45, 7) is 3.26. The van der Waals surface area contributed by atoms with E-state index in [0.717, 1.165) is 17.8 Å². The summed E-state index contributed by atoms with van der Waals surface area (Å²) in [4.78, 5) is -0.980. The smallest absolute Gasteiger partial charge is 0.296 e. The molecule has 0 atom stereocenters. The molecule has 0 bridgehead atoms. The van der Waals surface area contributed by atoms with E-state index in [1.54, 1.807) is 81.6 Å². The number of aryl methyl sites for hydroxylation is 2. The van der Waals surface area contributed by atoms with Gasteiger partial charge in [-0.2, -0.15) is 45.7 Å². The lowest BCUT2D eigenvalue weighted by molar-refractivity contribution is 0.317. The second-order valence-electron chi connectivity index (χ2n) is 13.5. The van der Waals surface area contributed by atoms with Crippen molar-refractivity contribution in [2.24, 2.45) is 30.7 Å². The van der Waals surface area contributed by atoms with Gasteiger partial charge in [0.05, 0.1) is 47.1 Å². The Morgan fingerprint density at radius 1 is 0.613 bits per heavy atom. The summed E-state index contributed by atoms with van der Waals surface area (Å²) in [5.41, 5.74) is 3.34. The van der Waals surface area contributed by atoms with Crippen molar-refractivity contribution in [2.45, 2.75) is 30.1 Å². The van der Waals surface area contributed by atoms with Gasteiger partial charge in [0.15, 0.2) is 5.75 Å². The molecule has 6 rings (SSSR count). The number of aromatic hydroxyl groups is 1. The van der Waals surface area contributed by atoms with Gasteiger partial charge < -0.3 is 19.9 Å². The first-order valence-corrected chi connectivity index (χ1v) is 22.6. The van der Waals surface area contributed by atoms with E-state index in [9.17, 15) is 39.5 Å². The first-order chi connectivity index (χ1) is 29.3. The Morgan fingerprint density at radius 2 is 1.21 bits per heavy atom. The molecule has 5 N–H and O–H groups in total. The summed E-state index contributed by atoms with van der Waals surface area (Å²) in [6, 6.07) is 25.9. The van der Waals surface area contributed by atoms with Crippen LogP contribution in [0.4, 0.5) is 45.5 Å². The lowest BCUT2D eigenvalue weighted by Crippen LogP contribution is -2.08. The molecule has 0 aliphatic carbocycles. The van der Waals surface area contributed by atoms with Crippen LogP contribution in [0.5, 0.6) is 17.2 Å². The van der Waals surface area contributed by atoms with Crippen LogP contribution in [-0.2, 0) is 30.4 Å². The van der Waals surface area contributed by atoms with Crippen LogP contribution < -0.4 is 14.8 Å². The quantitative estimate of drug-likeness (QED) is 0.0343. The van der Waals surface area contributed by atoms with E-state index in [1.807, 2.05) is 0 Å². The predicted molar refractivity (Wildman–Crippen MR) is 229 cm³/mol. The van der Waals surface area contributed by atoms with Crippen molar-refractivity contribution in [2.75, 3.05) is 24.8 Å². The zero-order valence-electron chi connectivity index (χ0n) is 32.9. The number of fused-ring (bicyclic) bond motifs is 1. The van der Waals surface area contributed by atoms with Gasteiger partial charge in [0.2, 0.25) is 0 Å². The Kier molecular flexibility index (Phi) is 13.4. The molecule has 0 heterocycles. The summed E-state index contributed by atoms with van der Waals surface area (Å²) < 4.78 is 110. The topological polar surface area (TPSA) is 288 Å². The number of ether oxygens (including phenoxy) is 2. The molecule has 0 amide bonds. The molecule has 0 spiro atoms. The molecule has 0 radical (unpaired) electrons. The standard InChI is InChI=1S/C40H37N7O12S3/c1-24-20-36(46-47-39-38(62(55,56)57)22-26-21-29(9-15-33(26)40(39)48)41-27-5-11-31(58-3)12-6-27)25(2)19-35(24)45-44-34-16-10-30(23-37(34)59-17-4-18-60(49,50)51)43-42-28-7-13-32(14-8-28)61(52,53)54/h5-16,19-23,41,48H,4,17-18H2,1-3H3,(H,49,50,51)(H,52,53,54)(H,55,56,57). The van der Waals surface area contributed by atoms with Crippen LogP contribution in [0, 0.1) is 13.8 Å². The van der Waals surface area contributed by atoms with Gasteiger partial charge in [-0.05, 0) is 134 Å². The van der Waals surface area contributed by atoms with Crippen molar-refractivity contribution >= 4 is 86.6 Å². The van der Waals surface area contributed by atoms with E-state index in [4.69, 9.17) is 14.0 Å². The summed E-state index contributed by atoms with van der Waals surface area (Å²) in [5.74, 6) is -0.269. The second kappa shape index (κ2) is 18.5. The number of rotatable bonds is 16. The Bertz CT molecular complexity index is 3090. The maximum absolute atomic E-state index is 12.6. The van der Waals surface area contributed by atoms with Gasteiger partial charge in [0.25, 0.3) is 30.4 Å². The average Bonchev–Trinajstić information content (AvgIpc) is 3.21. The van der Waals surface area contributed by atoms with Crippen LogP contribution in [0.2, 0.25) is 0 Å². The number of nitrogens with one attached hydrogen (secondary N) is 1. The van der Waals surface area contributed by atoms with Crippen molar-refractivity contribution in [3.8, 4) is 17.2 Å². The lowest BCUT2D eigenvalue weighted by Gasteiger charge is -2.12. The third-order valence-electron chi connectivity index (χ3n) is 8.91. The maximum atomic E-state index is 12.6. The van der Waals surface area contributed by atoms with Gasteiger partial charge in [0, 0.05) is 22.8 Å². The highest BCUT2D eigenvalue weighted by Crippen LogP contribution is 2.43. The number of hydrogen-bond acceptors (Lipinski definition) is 16. The third-order valence-corrected chi connectivity index (χ3v) is 11.4. The summed E-state index contributed by atoms with van der Waals surface area (Å²) in [7, 11) is -12.0. The number of methoxy groups -OCH3 is 1. The fourth-order valence-electron chi connectivity index (χ4n) is 5.76. The minimum atomic E-state index is -4.89. The number of azo groups is 3. The van der Waals surface area contributed by atoms with E-state index in [-0.39, 0.29) is 51.8 Å². The monoisotopic (exact) mass is 903 g/mol. The van der Waals surface area contributed by atoms with Crippen molar-refractivity contribution < 1.29 is 53.5 Å². The molecule has 0 saturated carbocycles. The van der Waals surface area contributed by atoms with E-state index in [0.29, 0.717) is 33.6 Å². The minimum Gasteiger partial charge on any atom is -0.505 e. The Balaban J connectivity index is 1.25. The highest BCUT2D eigenvalue weighted by molar-refractivity contribution is 7.86. The maximum Gasteiger partial charge on any atom is 0.296 e. The molecule has 6 aromatic rings. The van der Waals surface area contributed by atoms with Gasteiger partial charge in [-0.25, -0.2) is 0 Å². The highest BCUT2D eigenvalue weighted by atomic mass is 32.2. The number of phenols is 1. The van der Waals surface area contributed by atoms with Gasteiger partial charge in [0.1, 0.15) is 27.8 Å². The van der Waals surface area contributed by atoms with Gasteiger partial charge in [-0.15, -0.1) is 10.2 Å². The molecule has 19 nitrogen and oxygen atoms in total. The molecule has 0 unspecified atom stereocenters. The van der Waals surface area contributed by atoms with E-state index >= 15 is 0 Å². The molecular formula is C40H37N7O12S3. The Morgan fingerprint density at radius 3 is 1.82 bits per heavy atom. The molecule has 0 aromatic heterocycles. The number of nitrogens with zero attached hydrogens (tertiary/aromatic N) is 6. The van der Waals surface area contributed by atoms with E-state index in [1.165, 1.54) is 30.3 Å². The van der Waals surface area contributed by atoms with Crippen molar-refractivity contribution in [1.29, 1.82) is 0 Å². The average molecular weight is 904 g/mol. The Hall–Kier alpha value is -6.69. The first kappa shape index (κ1) is 44.9. The molecule has 322 valence electrons. The van der Waals surface area contributed by atoms with Crippen molar-refractivity contribution in [1.82, 2.24) is 0 Å². The number of phenolic OH excluding ortho intramolecular Hbond substituents is 1. The summed E-state index contributed by atoms with van der Waals surface area (Å²) in [5, 5.41) is 40.1. The van der Waals surface area contributed by atoms with Crippen LogP contribution in [-0.4, -0.2) is 63.5 Å². The van der Waals surface area contributed by atoms with E-state index in [2.05, 4.69) is 36.0 Å². The van der Waals surface area contributed by atoms with Crippen LogP contribution in [0.15, 0.2) is 144 Å². The minimum absolute atomic E-state index is 0.0535. The lowest BCUT2D eigenvalue weighted by atomic mass is 10.1.